The number of anilines is 1. The van der Waals surface area contributed by atoms with Crippen LogP contribution in [-0.2, 0) is 9.59 Å². The van der Waals surface area contributed by atoms with Crippen LogP contribution in [0.2, 0.25) is 0 Å². The highest BCUT2D eigenvalue weighted by atomic mass is 32.2. The van der Waals surface area contributed by atoms with Crippen molar-refractivity contribution < 1.29 is 19.1 Å². The number of ether oxygens (including phenoxy) is 2. The monoisotopic (exact) mass is 432 g/mol. The number of nitrogens with one attached hydrogen (secondary N) is 2. The molecule has 3 rings (SSSR count). The van der Waals surface area contributed by atoms with Crippen molar-refractivity contribution >= 4 is 29.4 Å². The van der Waals surface area contributed by atoms with Crippen LogP contribution >= 0.6 is 11.8 Å². The minimum absolute atomic E-state index is 0.103. The first-order valence-corrected chi connectivity index (χ1v) is 10.7. The van der Waals surface area contributed by atoms with Crippen LogP contribution in [0.25, 0.3) is 0 Å². The minimum atomic E-state index is -0.603. The maximum atomic E-state index is 12.8. The van der Waals surface area contributed by atoms with E-state index in [1.165, 1.54) is 11.8 Å². The number of amides is 2. The molecule has 10 heteroatoms. The van der Waals surface area contributed by atoms with E-state index in [0.717, 1.165) is 12.2 Å². The smallest absolute Gasteiger partial charge is 0.257 e. The van der Waals surface area contributed by atoms with Crippen molar-refractivity contribution in [2.24, 2.45) is 5.73 Å². The second kappa shape index (κ2) is 9.66. The molecule has 0 aliphatic carbocycles. The zero-order valence-corrected chi connectivity index (χ0v) is 17.6. The van der Waals surface area contributed by atoms with Crippen LogP contribution in [0.1, 0.15) is 43.7 Å². The standard InChI is InChI=1S/C20H24N4O5S/c1-3-7-30-20-23-18-17(19(27)24-20)12(9-16(26)22-18)11-5-6-13(29-10-15(21)25)14(8-11)28-4-2/h5-6,8,12H,3-4,7,9-10H2,1-2H3,(H2,21,25)(H2,22,23,24,26,27)/t12-/m0/s1. The van der Waals surface area contributed by atoms with E-state index >= 15 is 0 Å². The van der Waals surface area contributed by atoms with Crippen molar-refractivity contribution in [2.45, 2.75) is 37.8 Å². The first-order valence-electron chi connectivity index (χ1n) is 9.67. The molecule has 1 aromatic carbocycles. The predicted molar refractivity (Wildman–Crippen MR) is 113 cm³/mol. The number of hydrogen-bond acceptors (Lipinski definition) is 7. The largest absolute Gasteiger partial charge is 0.490 e. The van der Waals surface area contributed by atoms with E-state index in [1.54, 1.807) is 18.2 Å². The van der Waals surface area contributed by atoms with Gasteiger partial charge >= 0.3 is 0 Å². The predicted octanol–water partition coefficient (Wildman–Crippen LogP) is 2.01. The molecule has 0 unspecified atom stereocenters. The molecule has 0 radical (unpaired) electrons. The number of aromatic nitrogens is 2. The quantitative estimate of drug-likeness (QED) is 0.407. The second-order valence-corrected chi connectivity index (χ2v) is 7.76. The molecule has 2 heterocycles. The average Bonchev–Trinajstić information content (AvgIpc) is 2.70. The Bertz CT molecular complexity index is 1010. The fourth-order valence-electron chi connectivity index (χ4n) is 3.18. The second-order valence-electron chi connectivity index (χ2n) is 6.68. The molecule has 1 aliphatic rings. The maximum Gasteiger partial charge on any atom is 0.257 e. The molecule has 0 spiro atoms. The molecule has 30 heavy (non-hydrogen) atoms. The number of fused-ring (bicyclic) bond motifs is 1. The van der Waals surface area contributed by atoms with Gasteiger partial charge in [0.05, 0.1) is 12.2 Å². The van der Waals surface area contributed by atoms with E-state index < -0.39 is 11.8 Å². The summed E-state index contributed by atoms with van der Waals surface area (Å²) in [7, 11) is 0. The zero-order valence-electron chi connectivity index (χ0n) is 16.8. The van der Waals surface area contributed by atoms with Crippen LogP contribution in [0.15, 0.2) is 28.2 Å². The number of hydrogen-bond donors (Lipinski definition) is 3. The van der Waals surface area contributed by atoms with Gasteiger partial charge in [-0.2, -0.15) is 0 Å². The average molecular weight is 433 g/mol. The highest BCUT2D eigenvalue weighted by Gasteiger charge is 2.31. The van der Waals surface area contributed by atoms with Gasteiger partial charge in [0.1, 0.15) is 5.82 Å². The molecule has 2 aromatic rings. The van der Waals surface area contributed by atoms with Crippen molar-refractivity contribution in [3.05, 3.63) is 39.7 Å². The molecule has 0 saturated heterocycles. The molecule has 160 valence electrons. The Morgan fingerprint density at radius 1 is 1.27 bits per heavy atom. The summed E-state index contributed by atoms with van der Waals surface area (Å²) in [6.07, 6.45) is 1.04. The van der Waals surface area contributed by atoms with E-state index in [9.17, 15) is 14.4 Å². The van der Waals surface area contributed by atoms with Crippen molar-refractivity contribution in [3.8, 4) is 11.5 Å². The van der Waals surface area contributed by atoms with Gasteiger partial charge in [-0.3, -0.25) is 14.4 Å². The number of rotatable bonds is 9. The number of benzene rings is 1. The first kappa shape index (κ1) is 21.7. The lowest BCUT2D eigenvalue weighted by atomic mass is 9.86. The Labute approximate surface area is 177 Å². The SMILES string of the molecule is CCCSc1nc2c(c(=O)[nH]1)[C@H](c1ccc(OCC(N)=O)c(OCC)c1)CC(=O)N2. The van der Waals surface area contributed by atoms with Gasteiger partial charge in [-0.25, -0.2) is 4.98 Å². The fourth-order valence-corrected chi connectivity index (χ4v) is 3.90. The summed E-state index contributed by atoms with van der Waals surface area (Å²) in [5.41, 5.74) is 5.98. The number of carbonyl (C=O) groups is 2. The summed E-state index contributed by atoms with van der Waals surface area (Å²) in [6, 6.07) is 5.10. The van der Waals surface area contributed by atoms with Crippen LogP contribution in [0, 0.1) is 0 Å². The first-order chi connectivity index (χ1) is 14.4. The van der Waals surface area contributed by atoms with Gasteiger partial charge in [0.25, 0.3) is 11.5 Å². The number of carbonyl (C=O) groups excluding carboxylic acids is 2. The van der Waals surface area contributed by atoms with Crippen molar-refractivity contribution in [1.29, 1.82) is 0 Å². The van der Waals surface area contributed by atoms with E-state index in [-0.39, 0.29) is 30.3 Å². The molecule has 9 nitrogen and oxygen atoms in total. The highest BCUT2D eigenvalue weighted by Crippen LogP contribution is 2.38. The maximum absolute atomic E-state index is 12.8. The zero-order chi connectivity index (χ0) is 21.7. The summed E-state index contributed by atoms with van der Waals surface area (Å²) >= 11 is 1.43. The Kier molecular flexibility index (Phi) is 6.99. The molecular formula is C20H24N4O5S. The highest BCUT2D eigenvalue weighted by molar-refractivity contribution is 7.99. The van der Waals surface area contributed by atoms with Crippen LogP contribution in [-0.4, -0.2) is 40.7 Å². The third kappa shape index (κ3) is 4.93. The number of primary amides is 1. The van der Waals surface area contributed by atoms with Crippen molar-refractivity contribution in [3.63, 3.8) is 0 Å². The Morgan fingerprint density at radius 3 is 2.77 bits per heavy atom. The lowest BCUT2D eigenvalue weighted by Gasteiger charge is -2.25. The summed E-state index contributed by atoms with van der Waals surface area (Å²) in [5, 5.41) is 3.19. The number of H-pyrrole nitrogens is 1. The summed E-state index contributed by atoms with van der Waals surface area (Å²) in [4.78, 5) is 43.4. The van der Waals surface area contributed by atoms with E-state index in [0.29, 0.717) is 34.4 Å². The Hall–Kier alpha value is -3.01. The topological polar surface area (TPSA) is 136 Å². The van der Waals surface area contributed by atoms with Gasteiger partial charge in [-0.1, -0.05) is 24.8 Å². The molecule has 4 N–H and O–H groups in total. The third-order valence-corrected chi connectivity index (χ3v) is 5.49. The van der Waals surface area contributed by atoms with Crippen LogP contribution < -0.4 is 26.1 Å². The Morgan fingerprint density at radius 2 is 2.07 bits per heavy atom. The number of thioether (sulfide) groups is 1. The molecule has 0 fully saturated rings. The van der Waals surface area contributed by atoms with E-state index in [1.807, 2.05) is 13.8 Å². The van der Waals surface area contributed by atoms with Gasteiger partial charge in [-0.15, -0.1) is 0 Å². The van der Waals surface area contributed by atoms with Gasteiger partial charge in [0.15, 0.2) is 23.3 Å². The number of nitrogens with zero attached hydrogens (tertiary/aromatic N) is 1. The number of nitrogens with two attached hydrogens (primary N) is 1. The van der Waals surface area contributed by atoms with Gasteiger partial charge in [0, 0.05) is 18.1 Å². The van der Waals surface area contributed by atoms with E-state index in [2.05, 4.69) is 15.3 Å². The summed E-state index contributed by atoms with van der Waals surface area (Å²) in [5.74, 6) is 0.549. The fraction of sp³-hybridized carbons (Fsp3) is 0.400. The molecule has 1 aromatic heterocycles. The normalized spacial score (nSPS) is 15.3. The summed E-state index contributed by atoms with van der Waals surface area (Å²) in [6.45, 7) is 3.94. The van der Waals surface area contributed by atoms with Gasteiger partial charge in [-0.05, 0) is 31.0 Å². The Balaban J connectivity index is 2.00. The van der Waals surface area contributed by atoms with E-state index in [4.69, 9.17) is 15.2 Å². The molecule has 2 amide bonds. The van der Waals surface area contributed by atoms with Gasteiger partial charge in [0.2, 0.25) is 5.91 Å². The lowest BCUT2D eigenvalue weighted by Crippen LogP contribution is -2.31. The van der Waals surface area contributed by atoms with Gasteiger partial charge < -0.3 is 25.5 Å². The van der Waals surface area contributed by atoms with Crippen LogP contribution in [0.4, 0.5) is 5.82 Å². The van der Waals surface area contributed by atoms with Crippen molar-refractivity contribution in [1.82, 2.24) is 9.97 Å². The molecule has 1 aliphatic heterocycles. The molecular weight excluding hydrogens is 408 g/mol. The molecule has 0 saturated carbocycles. The molecule has 0 bridgehead atoms. The number of aromatic amines is 1. The van der Waals surface area contributed by atoms with Crippen LogP contribution in [0.5, 0.6) is 11.5 Å². The van der Waals surface area contributed by atoms with Crippen molar-refractivity contribution in [2.75, 3.05) is 24.3 Å². The minimum Gasteiger partial charge on any atom is -0.490 e. The summed E-state index contributed by atoms with van der Waals surface area (Å²) < 4.78 is 11.0. The van der Waals surface area contributed by atoms with Crippen LogP contribution in [0.3, 0.4) is 0 Å². The lowest BCUT2D eigenvalue weighted by molar-refractivity contribution is -0.120. The molecule has 1 atom stereocenters. The third-order valence-electron chi connectivity index (χ3n) is 4.41.